The Morgan fingerprint density at radius 1 is 0.976 bits per heavy atom. The van der Waals surface area contributed by atoms with Crippen molar-refractivity contribution in [2.75, 3.05) is 5.32 Å². The Morgan fingerprint density at radius 2 is 1.67 bits per heavy atom. The summed E-state index contributed by atoms with van der Waals surface area (Å²) < 4.78 is 5.81. The van der Waals surface area contributed by atoms with E-state index < -0.39 is 18.0 Å². The van der Waals surface area contributed by atoms with Gasteiger partial charge in [0.1, 0.15) is 0 Å². The van der Waals surface area contributed by atoms with E-state index in [1.54, 1.807) is 12.1 Å². The van der Waals surface area contributed by atoms with Crippen molar-refractivity contribution >= 4 is 74.9 Å². The van der Waals surface area contributed by atoms with Gasteiger partial charge in [-0.3, -0.25) is 4.79 Å². The lowest BCUT2D eigenvalue weighted by Gasteiger charge is -2.36. The first-order valence-electron chi connectivity index (χ1n) is 13.8. The molecule has 0 saturated heterocycles. The van der Waals surface area contributed by atoms with Crippen LogP contribution in [-0.2, 0) is 16.0 Å². The number of rotatable bonds is 5. The summed E-state index contributed by atoms with van der Waals surface area (Å²) in [6, 6.07) is 20.0. The summed E-state index contributed by atoms with van der Waals surface area (Å²) >= 11 is 18.3. The van der Waals surface area contributed by atoms with E-state index in [-0.39, 0.29) is 16.4 Å². The Labute approximate surface area is 260 Å². The van der Waals surface area contributed by atoms with Gasteiger partial charge in [0.25, 0.3) is 5.91 Å². The highest BCUT2D eigenvalue weighted by Crippen LogP contribution is 2.45. The largest absolute Gasteiger partial charge is 0.449 e. The van der Waals surface area contributed by atoms with Crippen molar-refractivity contribution in [2.45, 2.75) is 46.6 Å². The van der Waals surface area contributed by atoms with Crippen LogP contribution in [0.5, 0.6) is 0 Å². The molecule has 3 aromatic carbocycles. The van der Waals surface area contributed by atoms with E-state index in [0.29, 0.717) is 38.6 Å². The number of anilines is 1. The molecule has 4 aromatic rings. The molecule has 0 saturated carbocycles. The molecule has 1 amide bonds. The van der Waals surface area contributed by atoms with Crippen LogP contribution in [0.15, 0.2) is 66.7 Å². The number of benzene rings is 3. The van der Waals surface area contributed by atoms with Crippen LogP contribution in [-0.4, -0.2) is 23.0 Å². The van der Waals surface area contributed by atoms with Crippen LogP contribution in [0.1, 0.15) is 61.3 Å². The summed E-state index contributed by atoms with van der Waals surface area (Å²) in [6.07, 6.45) is 2.49. The SMILES string of the molecule is C[C@H](OC(=O)c1c2c(nc3ccccc13)/C(=C\c1ccc(Cl)cc1)C[C@@H](C(C)(C)C)C2)C(=O)Nc1ccc(Cl)cc1Cl. The standard InChI is InChI=1S/C34H31Cl3N2O3/c1-19(32(40)39-29-14-13-24(36)18-27(29)37)42-33(41)30-25-7-5-6-8-28(25)38-31-21(15-20-9-11-23(35)12-10-20)16-22(17-26(30)31)34(2,3)4/h5-15,18-19,22H,16-17H2,1-4H3,(H,39,40)/b21-15-/t19-,22+/m0/s1. The average molecular weight is 622 g/mol. The molecule has 8 heteroatoms. The first-order valence-corrected chi connectivity index (χ1v) is 14.9. The highest BCUT2D eigenvalue weighted by atomic mass is 35.5. The molecule has 0 radical (unpaired) electrons. The fourth-order valence-corrected chi connectivity index (χ4v) is 5.81. The number of amides is 1. The maximum atomic E-state index is 14.0. The summed E-state index contributed by atoms with van der Waals surface area (Å²) in [4.78, 5) is 32.0. The number of carbonyl (C=O) groups is 2. The number of aromatic nitrogens is 1. The minimum Gasteiger partial charge on any atom is -0.449 e. The summed E-state index contributed by atoms with van der Waals surface area (Å²) in [6.45, 7) is 8.17. The third kappa shape index (κ3) is 6.49. The van der Waals surface area contributed by atoms with Crippen LogP contribution in [0.3, 0.4) is 0 Å². The maximum Gasteiger partial charge on any atom is 0.339 e. The second-order valence-corrected chi connectivity index (χ2v) is 13.0. The van der Waals surface area contributed by atoms with E-state index >= 15 is 0 Å². The number of halogens is 3. The van der Waals surface area contributed by atoms with Crippen LogP contribution < -0.4 is 5.32 Å². The molecule has 1 heterocycles. The monoisotopic (exact) mass is 620 g/mol. The molecule has 2 atom stereocenters. The Morgan fingerprint density at radius 3 is 2.36 bits per heavy atom. The zero-order valence-corrected chi connectivity index (χ0v) is 26.1. The molecular weight excluding hydrogens is 591 g/mol. The van der Waals surface area contributed by atoms with Crippen molar-refractivity contribution in [1.82, 2.24) is 4.98 Å². The molecule has 0 bridgehead atoms. The fourth-order valence-electron chi connectivity index (χ4n) is 5.23. The van der Waals surface area contributed by atoms with E-state index in [1.165, 1.54) is 13.0 Å². The lowest BCUT2D eigenvalue weighted by molar-refractivity contribution is -0.123. The van der Waals surface area contributed by atoms with E-state index in [2.05, 4.69) is 32.2 Å². The van der Waals surface area contributed by atoms with Gasteiger partial charge in [0.15, 0.2) is 6.10 Å². The van der Waals surface area contributed by atoms with Crippen molar-refractivity contribution in [3.63, 3.8) is 0 Å². The van der Waals surface area contributed by atoms with Gasteiger partial charge >= 0.3 is 5.97 Å². The van der Waals surface area contributed by atoms with Gasteiger partial charge < -0.3 is 10.1 Å². The smallest absolute Gasteiger partial charge is 0.339 e. The Kier molecular flexibility index (Phi) is 8.66. The van der Waals surface area contributed by atoms with Gasteiger partial charge in [-0.15, -0.1) is 0 Å². The molecule has 216 valence electrons. The van der Waals surface area contributed by atoms with Crippen molar-refractivity contribution in [1.29, 1.82) is 0 Å². The summed E-state index contributed by atoms with van der Waals surface area (Å²) in [5.41, 5.74) is 5.13. The van der Waals surface area contributed by atoms with Gasteiger partial charge in [0, 0.05) is 15.4 Å². The first-order chi connectivity index (χ1) is 19.9. The molecule has 1 aliphatic rings. The Balaban J connectivity index is 1.56. The molecule has 1 N–H and O–H groups in total. The van der Waals surface area contributed by atoms with Crippen LogP contribution in [0, 0.1) is 11.3 Å². The molecule has 5 rings (SSSR count). The van der Waals surface area contributed by atoms with E-state index in [9.17, 15) is 9.59 Å². The van der Waals surface area contributed by atoms with E-state index in [0.717, 1.165) is 28.8 Å². The van der Waals surface area contributed by atoms with Crippen molar-refractivity contribution in [3.05, 3.63) is 104 Å². The quantitative estimate of drug-likeness (QED) is 0.225. The Hall–Kier alpha value is -3.38. The summed E-state index contributed by atoms with van der Waals surface area (Å²) in [7, 11) is 0. The number of carbonyl (C=O) groups excluding carboxylic acids is 2. The van der Waals surface area contributed by atoms with Crippen molar-refractivity contribution in [2.24, 2.45) is 11.3 Å². The number of nitrogens with zero attached hydrogens (tertiary/aromatic N) is 1. The van der Waals surface area contributed by atoms with Gasteiger partial charge in [-0.25, -0.2) is 9.78 Å². The lowest BCUT2D eigenvalue weighted by atomic mass is 9.69. The zero-order valence-electron chi connectivity index (χ0n) is 23.8. The van der Waals surface area contributed by atoms with Crippen LogP contribution >= 0.6 is 34.8 Å². The predicted molar refractivity (Wildman–Crippen MR) is 172 cm³/mol. The topological polar surface area (TPSA) is 68.3 Å². The number of hydrogen-bond acceptors (Lipinski definition) is 4. The van der Waals surface area contributed by atoms with Gasteiger partial charge in [-0.1, -0.05) is 85.9 Å². The van der Waals surface area contributed by atoms with Gasteiger partial charge in [-0.05, 0) is 90.3 Å². The minimum absolute atomic E-state index is 0.0331. The summed E-state index contributed by atoms with van der Waals surface area (Å²) in [5.74, 6) is -0.836. The minimum atomic E-state index is -1.09. The maximum absolute atomic E-state index is 14.0. The second-order valence-electron chi connectivity index (χ2n) is 11.7. The lowest BCUT2D eigenvalue weighted by Crippen LogP contribution is -2.32. The molecule has 0 spiro atoms. The third-order valence-corrected chi connectivity index (χ3v) is 8.50. The molecule has 1 aromatic heterocycles. The first kappa shape index (κ1) is 30.1. The second kappa shape index (κ2) is 12.1. The van der Waals surface area contributed by atoms with Crippen LogP contribution in [0.25, 0.3) is 22.6 Å². The Bertz CT molecular complexity index is 1710. The number of nitrogens with one attached hydrogen (secondary N) is 1. The molecule has 1 aliphatic carbocycles. The number of hydrogen-bond donors (Lipinski definition) is 1. The molecular formula is C34H31Cl3N2O3. The average Bonchev–Trinajstić information content (AvgIpc) is 2.93. The number of fused-ring (bicyclic) bond motifs is 2. The van der Waals surface area contributed by atoms with Crippen LogP contribution in [0.4, 0.5) is 5.69 Å². The van der Waals surface area contributed by atoms with Crippen LogP contribution in [0.2, 0.25) is 15.1 Å². The number of pyridine rings is 1. The van der Waals surface area contributed by atoms with Crippen molar-refractivity contribution < 1.29 is 14.3 Å². The highest BCUT2D eigenvalue weighted by molar-refractivity contribution is 6.36. The molecule has 0 aliphatic heterocycles. The van der Waals surface area contributed by atoms with Gasteiger partial charge in [0.2, 0.25) is 0 Å². The third-order valence-electron chi connectivity index (χ3n) is 7.70. The van der Waals surface area contributed by atoms with Gasteiger partial charge in [-0.2, -0.15) is 0 Å². The van der Waals surface area contributed by atoms with E-state index in [1.807, 2.05) is 48.5 Å². The number of ether oxygens (including phenoxy) is 1. The van der Waals surface area contributed by atoms with Gasteiger partial charge in [0.05, 0.1) is 27.5 Å². The fraction of sp³-hybridized carbons (Fsp3) is 0.265. The number of para-hydroxylation sites is 1. The molecule has 0 fully saturated rings. The normalized spacial score (nSPS) is 16.6. The molecule has 5 nitrogen and oxygen atoms in total. The van der Waals surface area contributed by atoms with E-state index in [4.69, 9.17) is 44.5 Å². The van der Waals surface area contributed by atoms with Crippen molar-refractivity contribution in [3.8, 4) is 0 Å². The number of esters is 1. The molecule has 0 unspecified atom stereocenters. The molecule has 42 heavy (non-hydrogen) atoms. The number of allylic oxidation sites excluding steroid dienone is 1. The highest BCUT2D eigenvalue weighted by Gasteiger charge is 2.36. The predicted octanol–water partition coefficient (Wildman–Crippen LogP) is 9.53. The summed E-state index contributed by atoms with van der Waals surface area (Å²) in [5, 5.41) is 4.81. The zero-order chi connectivity index (χ0) is 30.2.